The molecule has 4 aromatic rings. The minimum atomic E-state index is -0.898. The molecule has 10 heteroatoms. The summed E-state index contributed by atoms with van der Waals surface area (Å²) in [5.41, 5.74) is 9.11. The fourth-order valence-corrected chi connectivity index (χ4v) is 3.70. The predicted molar refractivity (Wildman–Crippen MR) is 122 cm³/mol. The highest BCUT2D eigenvalue weighted by atomic mass is 19.1. The number of nitrogen functional groups attached to an aromatic ring is 1. The molecule has 0 saturated carbocycles. The van der Waals surface area contributed by atoms with E-state index in [0.717, 1.165) is 0 Å². The molecule has 2 heterocycles. The average molecular weight is 464 g/mol. The maximum Gasteiger partial charge on any atom is 0.254 e. The van der Waals surface area contributed by atoms with Gasteiger partial charge in [-0.25, -0.2) is 18.4 Å². The van der Waals surface area contributed by atoms with Crippen LogP contribution in [0.5, 0.6) is 0 Å². The first-order valence-corrected chi connectivity index (χ1v) is 10.4. The van der Waals surface area contributed by atoms with Crippen molar-refractivity contribution < 1.29 is 18.7 Å². The highest BCUT2D eigenvalue weighted by molar-refractivity contribution is 5.95. The summed E-state index contributed by atoms with van der Waals surface area (Å²) >= 11 is 0. The zero-order chi connectivity index (χ0) is 24.4. The Labute approximate surface area is 194 Å². The van der Waals surface area contributed by atoms with Crippen molar-refractivity contribution in [3.8, 4) is 22.4 Å². The number of rotatable bonds is 6. The van der Waals surface area contributed by atoms with Crippen LogP contribution in [0.2, 0.25) is 0 Å². The van der Waals surface area contributed by atoms with Gasteiger partial charge >= 0.3 is 0 Å². The van der Waals surface area contributed by atoms with Gasteiger partial charge in [0.15, 0.2) is 0 Å². The number of hydrogen-bond acceptors (Lipinski definition) is 6. The standard InChI is InChI=1S/C24H22F2N6O2/c1-13-5-15(7-17(25)6-13)21(12-33)30-24(34)18-4-3-14(9-20(18)26)19-8-16(10-28-23(19)27)22-11-29-31-32(22)2/h3-11,21,33H,12H2,1-2H3,(H2,27,28)(H,30,34). The first-order valence-electron chi connectivity index (χ1n) is 10.4. The molecule has 4 rings (SSSR count). The summed E-state index contributed by atoms with van der Waals surface area (Å²) in [6, 6.07) is 9.10. The van der Waals surface area contributed by atoms with Gasteiger partial charge in [-0.3, -0.25) is 4.79 Å². The molecule has 2 aromatic heterocycles. The third kappa shape index (κ3) is 4.62. The van der Waals surface area contributed by atoms with Gasteiger partial charge in [-0.1, -0.05) is 17.3 Å². The number of anilines is 1. The number of aromatic nitrogens is 4. The highest BCUT2D eigenvalue weighted by Gasteiger charge is 2.20. The largest absolute Gasteiger partial charge is 0.394 e. The summed E-state index contributed by atoms with van der Waals surface area (Å²) in [5, 5.41) is 20.0. The molecule has 2 aromatic carbocycles. The Morgan fingerprint density at radius 1 is 1.15 bits per heavy atom. The van der Waals surface area contributed by atoms with Crippen LogP contribution in [-0.4, -0.2) is 37.6 Å². The number of pyridine rings is 1. The van der Waals surface area contributed by atoms with Crippen molar-refractivity contribution in [1.29, 1.82) is 0 Å². The van der Waals surface area contributed by atoms with Crippen LogP contribution in [0.15, 0.2) is 54.9 Å². The van der Waals surface area contributed by atoms with Crippen LogP contribution in [0.4, 0.5) is 14.6 Å². The summed E-state index contributed by atoms with van der Waals surface area (Å²) < 4.78 is 30.3. The Bertz CT molecular complexity index is 1350. The third-order valence-electron chi connectivity index (χ3n) is 5.41. The van der Waals surface area contributed by atoms with Crippen LogP contribution < -0.4 is 11.1 Å². The lowest BCUT2D eigenvalue weighted by molar-refractivity contribution is 0.0912. The lowest BCUT2D eigenvalue weighted by Crippen LogP contribution is -2.31. The molecule has 1 unspecified atom stereocenters. The zero-order valence-electron chi connectivity index (χ0n) is 18.5. The lowest BCUT2D eigenvalue weighted by atomic mass is 10.0. The minimum absolute atomic E-state index is 0.192. The van der Waals surface area contributed by atoms with Gasteiger partial charge in [-0.05, 0) is 53.9 Å². The Morgan fingerprint density at radius 3 is 2.59 bits per heavy atom. The fourth-order valence-electron chi connectivity index (χ4n) is 3.70. The smallest absolute Gasteiger partial charge is 0.254 e. The van der Waals surface area contributed by atoms with E-state index in [-0.39, 0.29) is 11.4 Å². The Morgan fingerprint density at radius 2 is 1.94 bits per heavy atom. The van der Waals surface area contributed by atoms with Crippen LogP contribution in [0, 0.1) is 18.6 Å². The third-order valence-corrected chi connectivity index (χ3v) is 5.41. The van der Waals surface area contributed by atoms with Gasteiger partial charge in [-0.2, -0.15) is 0 Å². The maximum atomic E-state index is 15.0. The second-order valence-corrected chi connectivity index (χ2v) is 7.86. The van der Waals surface area contributed by atoms with E-state index in [2.05, 4.69) is 20.6 Å². The predicted octanol–water partition coefficient (Wildman–Crippen LogP) is 3.18. The molecule has 0 aliphatic carbocycles. The molecule has 0 radical (unpaired) electrons. The summed E-state index contributed by atoms with van der Waals surface area (Å²) in [6.45, 7) is 1.22. The number of carbonyl (C=O) groups excluding carboxylic acids is 1. The molecule has 1 atom stereocenters. The van der Waals surface area contributed by atoms with E-state index in [1.807, 2.05) is 0 Å². The van der Waals surface area contributed by atoms with Crippen molar-refractivity contribution in [3.63, 3.8) is 0 Å². The molecular formula is C24H22F2N6O2. The van der Waals surface area contributed by atoms with Crippen molar-refractivity contribution in [1.82, 2.24) is 25.3 Å². The number of nitrogens with zero attached hydrogens (tertiary/aromatic N) is 4. The Kier molecular flexibility index (Phi) is 6.33. The van der Waals surface area contributed by atoms with E-state index in [4.69, 9.17) is 5.73 Å². The first-order chi connectivity index (χ1) is 16.3. The van der Waals surface area contributed by atoms with E-state index in [0.29, 0.717) is 33.5 Å². The van der Waals surface area contributed by atoms with Gasteiger partial charge in [-0.15, -0.1) is 5.10 Å². The molecule has 1 amide bonds. The lowest BCUT2D eigenvalue weighted by Gasteiger charge is -2.18. The van der Waals surface area contributed by atoms with E-state index < -0.39 is 30.2 Å². The summed E-state index contributed by atoms with van der Waals surface area (Å²) in [5.74, 6) is -1.83. The van der Waals surface area contributed by atoms with Gasteiger partial charge in [0.1, 0.15) is 17.5 Å². The van der Waals surface area contributed by atoms with Gasteiger partial charge in [0.25, 0.3) is 5.91 Å². The van der Waals surface area contributed by atoms with Crippen LogP contribution >= 0.6 is 0 Å². The number of aliphatic hydroxyl groups is 1. The van der Waals surface area contributed by atoms with Gasteiger partial charge in [0.2, 0.25) is 0 Å². The van der Waals surface area contributed by atoms with Crippen molar-refractivity contribution in [2.45, 2.75) is 13.0 Å². The van der Waals surface area contributed by atoms with Crippen molar-refractivity contribution in [2.75, 3.05) is 12.3 Å². The van der Waals surface area contributed by atoms with Crippen molar-refractivity contribution >= 4 is 11.7 Å². The average Bonchev–Trinajstić information content (AvgIpc) is 3.22. The second kappa shape index (κ2) is 9.36. The van der Waals surface area contributed by atoms with Gasteiger partial charge < -0.3 is 16.2 Å². The van der Waals surface area contributed by atoms with Crippen molar-refractivity contribution in [2.24, 2.45) is 7.05 Å². The van der Waals surface area contributed by atoms with Gasteiger partial charge in [0, 0.05) is 24.4 Å². The number of nitrogens with one attached hydrogen (secondary N) is 1. The second-order valence-electron chi connectivity index (χ2n) is 7.86. The fraction of sp³-hybridized carbons (Fsp3) is 0.167. The molecule has 0 saturated heterocycles. The van der Waals surface area contributed by atoms with E-state index in [1.54, 1.807) is 49.2 Å². The molecular weight excluding hydrogens is 442 g/mol. The monoisotopic (exact) mass is 464 g/mol. The molecule has 0 aliphatic rings. The number of amides is 1. The number of carbonyl (C=O) groups is 1. The molecule has 4 N–H and O–H groups in total. The Hall–Kier alpha value is -4.18. The molecule has 0 aliphatic heterocycles. The first kappa shape index (κ1) is 23.0. The Balaban J connectivity index is 1.61. The summed E-state index contributed by atoms with van der Waals surface area (Å²) in [4.78, 5) is 16.9. The van der Waals surface area contributed by atoms with Crippen LogP contribution in [0.3, 0.4) is 0 Å². The normalized spacial score (nSPS) is 11.9. The number of nitrogens with two attached hydrogens (primary N) is 1. The SMILES string of the molecule is Cc1cc(F)cc(C(CO)NC(=O)c2ccc(-c3cc(-c4cnnn4C)cnc3N)cc2F)c1. The van der Waals surface area contributed by atoms with Gasteiger partial charge in [0.05, 0.1) is 30.1 Å². The quantitative estimate of drug-likeness (QED) is 0.403. The topological polar surface area (TPSA) is 119 Å². The van der Waals surface area contributed by atoms with E-state index >= 15 is 0 Å². The summed E-state index contributed by atoms with van der Waals surface area (Å²) in [6.07, 6.45) is 3.14. The van der Waals surface area contributed by atoms with E-state index in [9.17, 15) is 18.7 Å². The molecule has 0 fully saturated rings. The molecule has 174 valence electrons. The van der Waals surface area contributed by atoms with E-state index in [1.165, 1.54) is 24.3 Å². The molecule has 8 nitrogen and oxygen atoms in total. The molecule has 34 heavy (non-hydrogen) atoms. The van der Waals surface area contributed by atoms with Crippen LogP contribution in [0.25, 0.3) is 22.4 Å². The molecule has 0 bridgehead atoms. The summed E-state index contributed by atoms with van der Waals surface area (Å²) in [7, 11) is 1.73. The van der Waals surface area contributed by atoms with Crippen molar-refractivity contribution in [3.05, 3.63) is 83.2 Å². The highest BCUT2D eigenvalue weighted by Crippen LogP contribution is 2.30. The van der Waals surface area contributed by atoms with Crippen LogP contribution in [-0.2, 0) is 7.05 Å². The number of hydrogen-bond donors (Lipinski definition) is 3. The van der Waals surface area contributed by atoms with Crippen LogP contribution in [0.1, 0.15) is 27.5 Å². The number of aliphatic hydroxyl groups excluding tert-OH is 1. The maximum absolute atomic E-state index is 15.0. The number of benzene rings is 2. The minimum Gasteiger partial charge on any atom is -0.394 e. The number of halogens is 2. The number of aryl methyl sites for hydroxylation is 2. The molecule has 0 spiro atoms. The zero-order valence-corrected chi connectivity index (χ0v) is 18.5.